The lowest BCUT2D eigenvalue weighted by Gasteiger charge is -2.19. The van der Waals surface area contributed by atoms with Crippen molar-refractivity contribution in [2.75, 3.05) is 0 Å². The zero-order valence-corrected chi connectivity index (χ0v) is 17.7. The van der Waals surface area contributed by atoms with Crippen LogP contribution >= 0.6 is 0 Å². The Bertz CT molecular complexity index is 1430. The Hall–Kier alpha value is -3.32. The molecular weight excluding hydrogens is 362 g/mol. The number of hydrogen-bond donors (Lipinski definition) is 0. The van der Waals surface area contributed by atoms with Crippen LogP contribution in [0.5, 0.6) is 0 Å². The maximum Gasteiger partial charge on any atom is 0.0582 e. The van der Waals surface area contributed by atoms with E-state index >= 15 is 0 Å². The van der Waals surface area contributed by atoms with Crippen LogP contribution < -0.4 is 0 Å². The van der Waals surface area contributed by atoms with Crippen LogP contribution in [0.1, 0.15) is 37.5 Å². The number of aromatic nitrogens is 1. The van der Waals surface area contributed by atoms with Gasteiger partial charge in [-0.15, -0.1) is 0 Å². The van der Waals surface area contributed by atoms with E-state index in [2.05, 4.69) is 110 Å². The molecule has 0 amide bonds. The maximum atomic E-state index is 2.47. The maximum absolute atomic E-state index is 2.47. The zero-order valence-electron chi connectivity index (χ0n) is 17.7. The molecule has 4 aromatic carbocycles. The third kappa shape index (κ3) is 2.42. The molecule has 1 heteroatoms. The second-order valence-electron chi connectivity index (χ2n) is 9.47. The highest BCUT2D eigenvalue weighted by Gasteiger charge is 2.25. The van der Waals surface area contributed by atoms with Crippen molar-refractivity contribution in [3.63, 3.8) is 0 Å². The fraction of sp³-hybridized carbons (Fsp3) is 0.172. The third-order valence-corrected chi connectivity index (χ3v) is 6.59. The van der Waals surface area contributed by atoms with E-state index in [1.54, 1.807) is 0 Å². The van der Waals surface area contributed by atoms with E-state index in [1.165, 1.54) is 55.3 Å². The van der Waals surface area contributed by atoms with Gasteiger partial charge in [-0.3, -0.25) is 0 Å². The molecule has 6 rings (SSSR count). The van der Waals surface area contributed by atoms with E-state index in [0.29, 0.717) is 0 Å². The van der Waals surface area contributed by atoms with Crippen molar-refractivity contribution in [3.05, 3.63) is 102 Å². The first-order chi connectivity index (χ1) is 14.5. The fourth-order valence-corrected chi connectivity index (χ4v) is 5.05. The standard InChI is InChI=1S/C29H25N/c1-29(2,3)20-13-16-27-25(18-20)24-15-14-23-22-12-8-7-9-19(22)17-26(23)28(24)30(27)21-10-5-4-6-11-21/h4-16,18H,17H2,1-3H3. The molecule has 5 aromatic rings. The fourth-order valence-electron chi connectivity index (χ4n) is 5.05. The van der Waals surface area contributed by atoms with Crippen LogP contribution in [0.15, 0.2) is 84.9 Å². The number of para-hydroxylation sites is 1. The molecule has 1 aliphatic carbocycles. The first-order valence-corrected chi connectivity index (χ1v) is 10.8. The Morgan fingerprint density at radius 3 is 2.27 bits per heavy atom. The van der Waals surface area contributed by atoms with Crippen LogP contribution in [0.3, 0.4) is 0 Å². The van der Waals surface area contributed by atoms with Gasteiger partial charge in [-0.05, 0) is 57.5 Å². The zero-order chi connectivity index (χ0) is 20.5. The van der Waals surface area contributed by atoms with E-state index in [9.17, 15) is 0 Å². The molecule has 0 atom stereocenters. The van der Waals surface area contributed by atoms with Crippen molar-refractivity contribution in [2.45, 2.75) is 32.6 Å². The second kappa shape index (κ2) is 6.09. The van der Waals surface area contributed by atoms with Crippen molar-refractivity contribution in [1.29, 1.82) is 0 Å². The highest BCUT2D eigenvalue weighted by molar-refractivity contribution is 6.12. The minimum absolute atomic E-state index is 0.127. The Balaban J connectivity index is 1.77. The average Bonchev–Trinajstić information content (AvgIpc) is 3.29. The van der Waals surface area contributed by atoms with Crippen molar-refractivity contribution >= 4 is 21.8 Å². The van der Waals surface area contributed by atoms with Crippen LogP contribution in [0.2, 0.25) is 0 Å². The van der Waals surface area contributed by atoms with E-state index in [4.69, 9.17) is 0 Å². The van der Waals surface area contributed by atoms with Gasteiger partial charge in [0.05, 0.1) is 11.0 Å². The normalized spacial score (nSPS) is 13.0. The SMILES string of the molecule is CC(C)(C)c1ccc2c(c1)c1ccc3c(c1n2-c1ccccc1)Cc1ccccc1-3. The quantitative estimate of drug-likeness (QED) is 0.273. The predicted molar refractivity (Wildman–Crippen MR) is 128 cm³/mol. The summed E-state index contributed by atoms with van der Waals surface area (Å²) in [5.74, 6) is 0. The first-order valence-electron chi connectivity index (χ1n) is 10.8. The van der Waals surface area contributed by atoms with Crippen molar-refractivity contribution in [3.8, 4) is 16.8 Å². The molecule has 0 bridgehead atoms. The molecule has 0 spiro atoms. The molecule has 1 heterocycles. The lowest BCUT2D eigenvalue weighted by Crippen LogP contribution is -2.10. The first kappa shape index (κ1) is 17.5. The summed E-state index contributed by atoms with van der Waals surface area (Å²) in [6, 6.07) is 31.3. The molecule has 1 aliphatic rings. The van der Waals surface area contributed by atoms with Gasteiger partial charge < -0.3 is 4.57 Å². The molecule has 146 valence electrons. The molecular formula is C29H25N. The Labute approximate surface area is 177 Å². The predicted octanol–water partition coefficient (Wildman–Crippen LogP) is 7.65. The molecule has 1 nitrogen and oxygen atoms in total. The van der Waals surface area contributed by atoms with Crippen molar-refractivity contribution in [2.24, 2.45) is 0 Å². The van der Waals surface area contributed by atoms with Gasteiger partial charge in [-0.2, -0.15) is 0 Å². The van der Waals surface area contributed by atoms with Gasteiger partial charge in [0.15, 0.2) is 0 Å². The summed E-state index contributed by atoms with van der Waals surface area (Å²) >= 11 is 0. The number of fused-ring (bicyclic) bond motifs is 7. The Morgan fingerprint density at radius 2 is 1.47 bits per heavy atom. The summed E-state index contributed by atoms with van der Waals surface area (Å²) in [5.41, 5.74) is 11.0. The third-order valence-electron chi connectivity index (χ3n) is 6.59. The van der Waals surface area contributed by atoms with Gasteiger partial charge in [-0.1, -0.05) is 81.4 Å². The van der Waals surface area contributed by atoms with Gasteiger partial charge in [0, 0.05) is 22.9 Å². The largest absolute Gasteiger partial charge is 0.309 e. The lowest BCUT2D eigenvalue weighted by molar-refractivity contribution is 0.591. The number of rotatable bonds is 1. The number of benzene rings is 4. The number of hydrogen-bond acceptors (Lipinski definition) is 0. The van der Waals surface area contributed by atoms with Gasteiger partial charge in [-0.25, -0.2) is 0 Å². The summed E-state index contributed by atoms with van der Waals surface area (Å²) < 4.78 is 2.47. The van der Waals surface area contributed by atoms with Gasteiger partial charge in [0.1, 0.15) is 0 Å². The summed E-state index contributed by atoms with van der Waals surface area (Å²) in [4.78, 5) is 0. The van der Waals surface area contributed by atoms with Crippen LogP contribution in [0.25, 0.3) is 38.6 Å². The van der Waals surface area contributed by atoms with Crippen LogP contribution in [-0.2, 0) is 11.8 Å². The molecule has 0 fully saturated rings. The van der Waals surface area contributed by atoms with E-state index in [1.807, 2.05) is 0 Å². The Morgan fingerprint density at radius 1 is 0.700 bits per heavy atom. The highest BCUT2D eigenvalue weighted by atomic mass is 15.0. The van der Waals surface area contributed by atoms with Gasteiger partial charge in [0.2, 0.25) is 0 Å². The minimum Gasteiger partial charge on any atom is -0.309 e. The lowest BCUT2D eigenvalue weighted by atomic mass is 9.86. The van der Waals surface area contributed by atoms with Gasteiger partial charge in [0.25, 0.3) is 0 Å². The molecule has 0 saturated heterocycles. The summed E-state index contributed by atoms with van der Waals surface area (Å²) in [6.45, 7) is 6.87. The summed E-state index contributed by atoms with van der Waals surface area (Å²) in [5, 5.41) is 2.70. The molecule has 0 radical (unpaired) electrons. The van der Waals surface area contributed by atoms with Crippen molar-refractivity contribution in [1.82, 2.24) is 4.57 Å². The molecule has 0 unspecified atom stereocenters. The molecule has 0 saturated carbocycles. The smallest absolute Gasteiger partial charge is 0.0582 e. The minimum atomic E-state index is 0.127. The topological polar surface area (TPSA) is 4.93 Å². The number of nitrogens with zero attached hydrogens (tertiary/aromatic N) is 1. The van der Waals surface area contributed by atoms with Crippen LogP contribution in [0, 0.1) is 0 Å². The highest BCUT2D eigenvalue weighted by Crippen LogP contribution is 2.44. The Kier molecular flexibility index (Phi) is 3.56. The summed E-state index contributed by atoms with van der Waals surface area (Å²) in [6.07, 6.45) is 0.998. The van der Waals surface area contributed by atoms with Gasteiger partial charge >= 0.3 is 0 Å². The molecule has 1 aromatic heterocycles. The van der Waals surface area contributed by atoms with E-state index in [-0.39, 0.29) is 5.41 Å². The van der Waals surface area contributed by atoms with E-state index < -0.39 is 0 Å². The average molecular weight is 388 g/mol. The monoisotopic (exact) mass is 387 g/mol. The van der Waals surface area contributed by atoms with Crippen molar-refractivity contribution < 1.29 is 0 Å². The molecule has 30 heavy (non-hydrogen) atoms. The second-order valence-corrected chi connectivity index (χ2v) is 9.47. The van der Waals surface area contributed by atoms with Crippen LogP contribution in [-0.4, -0.2) is 4.57 Å². The van der Waals surface area contributed by atoms with Crippen LogP contribution in [0.4, 0.5) is 0 Å². The molecule has 0 aliphatic heterocycles. The van der Waals surface area contributed by atoms with E-state index in [0.717, 1.165) is 6.42 Å². The molecule has 0 N–H and O–H groups in total. The summed E-state index contributed by atoms with van der Waals surface area (Å²) in [7, 11) is 0.